The number of carbonyl (C=O) groups is 2. The molecule has 0 aliphatic heterocycles. The molecule has 0 spiro atoms. The van der Waals surface area contributed by atoms with E-state index in [2.05, 4.69) is 21.1 Å². The van der Waals surface area contributed by atoms with Gasteiger partial charge in [-0.15, -0.1) is 0 Å². The highest BCUT2D eigenvalue weighted by molar-refractivity contribution is 5.99. The standard InChI is InChI=1S/C24H30N4O2/c1-17-9-13-21(14-10-17)19(3)25-27-23(29)7-5-6-8-24(30)28-26-20(4)22-15-11-18(2)12-16-22/h9-16H,5-8H2,1-4H3,(H,27,29)(H,28,30)/b25-19-,26-20-. The summed E-state index contributed by atoms with van der Waals surface area (Å²) < 4.78 is 0. The Bertz CT molecular complexity index is 836. The molecule has 30 heavy (non-hydrogen) atoms. The number of unbranched alkanes of at least 4 members (excludes halogenated alkanes) is 1. The van der Waals surface area contributed by atoms with Gasteiger partial charge in [-0.05, 0) is 51.7 Å². The van der Waals surface area contributed by atoms with E-state index in [0.717, 1.165) is 22.6 Å². The number of nitrogens with zero attached hydrogens (tertiary/aromatic N) is 2. The van der Waals surface area contributed by atoms with E-state index in [-0.39, 0.29) is 11.8 Å². The van der Waals surface area contributed by atoms with Gasteiger partial charge in [0.1, 0.15) is 0 Å². The van der Waals surface area contributed by atoms with Crippen LogP contribution in [0, 0.1) is 13.8 Å². The fourth-order valence-electron chi connectivity index (χ4n) is 2.69. The van der Waals surface area contributed by atoms with Crippen LogP contribution in [0.3, 0.4) is 0 Å². The summed E-state index contributed by atoms with van der Waals surface area (Å²) in [6.07, 6.45) is 1.87. The lowest BCUT2D eigenvalue weighted by Gasteiger charge is -2.05. The third-order valence-corrected chi connectivity index (χ3v) is 4.69. The van der Waals surface area contributed by atoms with E-state index in [4.69, 9.17) is 0 Å². The first-order chi connectivity index (χ1) is 14.3. The average Bonchev–Trinajstić information content (AvgIpc) is 2.74. The Morgan fingerprint density at radius 3 is 1.33 bits per heavy atom. The molecule has 158 valence electrons. The second-order valence-electron chi connectivity index (χ2n) is 7.40. The summed E-state index contributed by atoms with van der Waals surface area (Å²) >= 11 is 0. The highest BCUT2D eigenvalue weighted by atomic mass is 16.2. The minimum Gasteiger partial charge on any atom is -0.273 e. The molecule has 0 saturated heterocycles. The molecule has 2 rings (SSSR count). The molecule has 0 saturated carbocycles. The Kier molecular flexibility index (Phi) is 8.94. The van der Waals surface area contributed by atoms with Crippen molar-refractivity contribution in [1.29, 1.82) is 0 Å². The quantitative estimate of drug-likeness (QED) is 0.371. The van der Waals surface area contributed by atoms with Crippen LogP contribution in [-0.2, 0) is 9.59 Å². The Balaban J connectivity index is 1.66. The van der Waals surface area contributed by atoms with E-state index >= 15 is 0 Å². The SMILES string of the molecule is C/C(=N/NC(=O)CCCCC(=O)N/N=C(/C)c1ccc(C)cc1)c1ccc(C)cc1. The number of hydrazone groups is 2. The molecule has 6 nitrogen and oxygen atoms in total. The number of rotatable bonds is 9. The molecule has 0 atom stereocenters. The van der Waals surface area contributed by atoms with Crippen molar-refractivity contribution in [3.05, 3.63) is 70.8 Å². The number of hydrogen-bond acceptors (Lipinski definition) is 4. The van der Waals surface area contributed by atoms with E-state index in [1.54, 1.807) is 0 Å². The fourth-order valence-corrected chi connectivity index (χ4v) is 2.69. The van der Waals surface area contributed by atoms with Gasteiger partial charge in [0.25, 0.3) is 0 Å². The Morgan fingerprint density at radius 2 is 1.00 bits per heavy atom. The molecule has 0 bridgehead atoms. The van der Waals surface area contributed by atoms with E-state index < -0.39 is 0 Å². The number of hydrogen-bond donors (Lipinski definition) is 2. The Morgan fingerprint density at radius 1 is 0.667 bits per heavy atom. The van der Waals surface area contributed by atoms with Gasteiger partial charge in [-0.25, -0.2) is 10.9 Å². The van der Waals surface area contributed by atoms with Gasteiger partial charge < -0.3 is 0 Å². The second-order valence-corrected chi connectivity index (χ2v) is 7.40. The van der Waals surface area contributed by atoms with Crippen molar-refractivity contribution in [1.82, 2.24) is 10.9 Å². The zero-order valence-electron chi connectivity index (χ0n) is 18.2. The molecular weight excluding hydrogens is 376 g/mol. The molecule has 2 N–H and O–H groups in total. The minimum atomic E-state index is -0.157. The maximum atomic E-state index is 11.9. The van der Waals surface area contributed by atoms with Crippen LogP contribution in [0.2, 0.25) is 0 Å². The molecule has 0 aromatic heterocycles. The smallest absolute Gasteiger partial charge is 0.240 e. The predicted octanol–water partition coefficient (Wildman–Crippen LogP) is 4.24. The summed E-state index contributed by atoms with van der Waals surface area (Å²) in [7, 11) is 0. The lowest BCUT2D eigenvalue weighted by atomic mass is 10.1. The van der Waals surface area contributed by atoms with Crippen molar-refractivity contribution in [2.75, 3.05) is 0 Å². The van der Waals surface area contributed by atoms with E-state index in [1.165, 1.54) is 11.1 Å². The van der Waals surface area contributed by atoms with E-state index in [9.17, 15) is 9.59 Å². The Hall–Kier alpha value is -3.28. The van der Waals surface area contributed by atoms with Gasteiger partial charge in [-0.2, -0.15) is 10.2 Å². The number of carbonyl (C=O) groups excluding carboxylic acids is 2. The topological polar surface area (TPSA) is 82.9 Å². The maximum Gasteiger partial charge on any atom is 0.240 e. The highest BCUT2D eigenvalue weighted by Crippen LogP contribution is 2.06. The van der Waals surface area contributed by atoms with Gasteiger partial charge in [0.2, 0.25) is 11.8 Å². The van der Waals surface area contributed by atoms with Gasteiger partial charge >= 0.3 is 0 Å². The summed E-state index contributed by atoms with van der Waals surface area (Å²) in [6, 6.07) is 15.9. The monoisotopic (exact) mass is 406 g/mol. The first-order valence-corrected chi connectivity index (χ1v) is 10.2. The predicted molar refractivity (Wildman–Crippen MR) is 122 cm³/mol. The molecule has 0 aliphatic carbocycles. The van der Waals surface area contributed by atoms with Gasteiger partial charge in [0.05, 0.1) is 11.4 Å². The zero-order valence-corrected chi connectivity index (χ0v) is 18.2. The number of benzene rings is 2. The van der Waals surface area contributed by atoms with E-state index in [0.29, 0.717) is 25.7 Å². The van der Waals surface area contributed by atoms with Crippen molar-refractivity contribution in [3.8, 4) is 0 Å². The van der Waals surface area contributed by atoms with Crippen molar-refractivity contribution >= 4 is 23.2 Å². The van der Waals surface area contributed by atoms with Gasteiger partial charge in [-0.3, -0.25) is 9.59 Å². The zero-order chi connectivity index (χ0) is 21.9. The lowest BCUT2D eigenvalue weighted by molar-refractivity contribution is -0.123. The first-order valence-electron chi connectivity index (χ1n) is 10.2. The van der Waals surface area contributed by atoms with Gasteiger partial charge in [-0.1, -0.05) is 59.7 Å². The summed E-state index contributed by atoms with van der Waals surface area (Å²) in [5, 5.41) is 8.28. The summed E-state index contributed by atoms with van der Waals surface area (Å²) in [5.41, 5.74) is 10.9. The molecule has 0 unspecified atom stereocenters. The molecule has 0 heterocycles. The van der Waals surface area contributed by atoms with Crippen LogP contribution < -0.4 is 10.9 Å². The minimum absolute atomic E-state index is 0.157. The van der Waals surface area contributed by atoms with Crippen molar-refractivity contribution < 1.29 is 9.59 Å². The third kappa shape index (κ3) is 7.99. The molecule has 2 aromatic carbocycles. The highest BCUT2D eigenvalue weighted by Gasteiger charge is 2.05. The van der Waals surface area contributed by atoms with Crippen LogP contribution in [0.25, 0.3) is 0 Å². The van der Waals surface area contributed by atoms with Crippen LogP contribution in [0.5, 0.6) is 0 Å². The van der Waals surface area contributed by atoms with Crippen molar-refractivity contribution in [2.24, 2.45) is 10.2 Å². The lowest BCUT2D eigenvalue weighted by Crippen LogP contribution is -2.20. The fraction of sp³-hybridized carbons (Fsp3) is 0.333. The maximum absolute atomic E-state index is 11.9. The van der Waals surface area contributed by atoms with Crippen molar-refractivity contribution in [3.63, 3.8) is 0 Å². The average molecular weight is 407 g/mol. The largest absolute Gasteiger partial charge is 0.273 e. The molecule has 0 aliphatic rings. The van der Waals surface area contributed by atoms with E-state index in [1.807, 2.05) is 76.2 Å². The third-order valence-electron chi connectivity index (χ3n) is 4.69. The van der Waals surface area contributed by atoms with Gasteiger partial charge in [0, 0.05) is 12.8 Å². The first kappa shape index (κ1) is 23.0. The van der Waals surface area contributed by atoms with Crippen LogP contribution >= 0.6 is 0 Å². The summed E-state index contributed by atoms with van der Waals surface area (Å²) in [5.74, 6) is -0.315. The van der Waals surface area contributed by atoms with Crippen LogP contribution in [-0.4, -0.2) is 23.2 Å². The number of nitrogens with one attached hydrogen (secondary N) is 2. The van der Waals surface area contributed by atoms with Gasteiger partial charge in [0.15, 0.2) is 0 Å². The molecule has 2 amide bonds. The molecule has 6 heteroatoms. The summed E-state index contributed by atoms with van der Waals surface area (Å²) in [4.78, 5) is 23.9. The Labute approximate surface area is 178 Å². The van der Waals surface area contributed by atoms with Crippen LogP contribution in [0.1, 0.15) is 61.8 Å². The molecule has 2 aromatic rings. The summed E-state index contributed by atoms with van der Waals surface area (Å²) in [6.45, 7) is 7.76. The van der Waals surface area contributed by atoms with Crippen molar-refractivity contribution in [2.45, 2.75) is 53.4 Å². The van der Waals surface area contributed by atoms with Crippen LogP contribution in [0.4, 0.5) is 0 Å². The molecule has 0 radical (unpaired) electrons. The number of aryl methyl sites for hydroxylation is 2. The number of amides is 2. The van der Waals surface area contributed by atoms with Crippen LogP contribution in [0.15, 0.2) is 58.7 Å². The second kappa shape index (κ2) is 11.7. The normalized spacial score (nSPS) is 11.9. The molecule has 0 fully saturated rings. The molecular formula is C24H30N4O2.